The van der Waals surface area contributed by atoms with Gasteiger partial charge in [-0.2, -0.15) is 0 Å². The fraction of sp³-hybridized carbons (Fsp3) is 0.600. The van der Waals surface area contributed by atoms with Crippen LogP contribution in [0, 0.1) is 11.8 Å². The van der Waals surface area contributed by atoms with Crippen molar-refractivity contribution < 1.29 is 4.79 Å². The normalized spacial score (nSPS) is 23.7. The van der Waals surface area contributed by atoms with E-state index >= 15 is 0 Å². The summed E-state index contributed by atoms with van der Waals surface area (Å²) in [7, 11) is 0. The Hall–Kier alpha value is -1.33. The second kappa shape index (κ2) is 6.20. The molecule has 0 radical (unpaired) electrons. The van der Waals surface area contributed by atoms with Crippen molar-refractivity contribution >= 4 is 23.3 Å². The molecule has 114 valence electrons. The summed E-state index contributed by atoms with van der Waals surface area (Å²) >= 11 is 6.18. The number of pyridine rings is 1. The lowest BCUT2D eigenvalue weighted by atomic mass is 9.88. The highest BCUT2D eigenvalue weighted by molar-refractivity contribution is 6.32. The van der Waals surface area contributed by atoms with Crippen molar-refractivity contribution in [3.8, 4) is 0 Å². The summed E-state index contributed by atoms with van der Waals surface area (Å²) in [6.45, 7) is 5.58. The van der Waals surface area contributed by atoms with Crippen molar-refractivity contribution in [2.24, 2.45) is 11.8 Å². The fourth-order valence-corrected chi connectivity index (χ4v) is 3.13. The summed E-state index contributed by atoms with van der Waals surface area (Å²) in [6, 6.07) is 3.86. The Labute approximate surface area is 130 Å². The van der Waals surface area contributed by atoms with E-state index in [1.807, 2.05) is 19.1 Å². The number of hydrogen-bond donors (Lipinski definition) is 2. The molecule has 0 aromatic carbocycles. The van der Waals surface area contributed by atoms with Crippen molar-refractivity contribution in [2.75, 3.05) is 31.1 Å². The molecule has 2 saturated heterocycles. The van der Waals surface area contributed by atoms with E-state index in [9.17, 15) is 4.79 Å². The fourth-order valence-electron chi connectivity index (χ4n) is 2.89. The number of aromatic nitrogens is 1. The van der Waals surface area contributed by atoms with Gasteiger partial charge in [0.1, 0.15) is 5.82 Å². The molecule has 3 rings (SSSR count). The average Bonchev–Trinajstić information content (AvgIpc) is 2.85. The van der Waals surface area contributed by atoms with Crippen molar-refractivity contribution in [3.63, 3.8) is 0 Å². The van der Waals surface area contributed by atoms with E-state index < -0.39 is 0 Å². The minimum Gasteiger partial charge on any atom is -0.353 e. The third-order valence-electron chi connectivity index (χ3n) is 4.51. The van der Waals surface area contributed by atoms with Gasteiger partial charge in [0.15, 0.2) is 0 Å². The zero-order valence-electron chi connectivity index (χ0n) is 12.2. The molecule has 21 heavy (non-hydrogen) atoms. The van der Waals surface area contributed by atoms with Crippen molar-refractivity contribution in [3.05, 3.63) is 23.4 Å². The van der Waals surface area contributed by atoms with Gasteiger partial charge in [-0.15, -0.1) is 0 Å². The maximum absolute atomic E-state index is 12.2. The van der Waals surface area contributed by atoms with Crippen LogP contribution in [-0.4, -0.2) is 43.1 Å². The van der Waals surface area contributed by atoms with Crippen LogP contribution in [0.3, 0.4) is 0 Å². The molecule has 2 unspecified atom stereocenters. The molecule has 5 nitrogen and oxygen atoms in total. The SMILES string of the molecule is CC(C(=O)NC1CCN(c2ncccc2Cl)C1)C1CNC1. The van der Waals surface area contributed by atoms with Crippen LogP contribution in [0.25, 0.3) is 0 Å². The highest BCUT2D eigenvalue weighted by Crippen LogP contribution is 2.26. The summed E-state index contributed by atoms with van der Waals surface area (Å²) in [5, 5.41) is 7.05. The summed E-state index contributed by atoms with van der Waals surface area (Å²) in [6.07, 6.45) is 2.69. The van der Waals surface area contributed by atoms with Crippen LogP contribution in [0.1, 0.15) is 13.3 Å². The van der Waals surface area contributed by atoms with Crippen LogP contribution >= 0.6 is 11.6 Å². The number of nitrogens with zero attached hydrogens (tertiary/aromatic N) is 2. The molecule has 6 heteroatoms. The van der Waals surface area contributed by atoms with E-state index in [-0.39, 0.29) is 17.9 Å². The first-order valence-corrected chi connectivity index (χ1v) is 7.89. The first kappa shape index (κ1) is 14.6. The van der Waals surface area contributed by atoms with Crippen molar-refractivity contribution in [1.82, 2.24) is 15.6 Å². The van der Waals surface area contributed by atoms with Crippen molar-refractivity contribution in [1.29, 1.82) is 0 Å². The number of carbonyl (C=O) groups is 1. The monoisotopic (exact) mass is 308 g/mol. The number of anilines is 1. The van der Waals surface area contributed by atoms with Gasteiger partial charge in [-0.1, -0.05) is 18.5 Å². The van der Waals surface area contributed by atoms with Crippen molar-refractivity contribution in [2.45, 2.75) is 19.4 Å². The Morgan fingerprint density at radius 1 is 1.57 bits per heavy atom. The van der Waals surface area contributed by atoms with Gasteiger partial charge < -0.3 is 15.5 Å². The Morgan fingerprint density at radius 2 is 2.38 bits per heavy atom. The second-order valence-corrected chi connectivity index (χ2v) is 6.36. The Balaban J connectivity index is 1.55. The van der Waals surface area contributed by atoms with Gasteiger partial charge >= 0.3 is 0 Å². The summed E-state index contributed by atoms with van der Waals surface area (Å²) in [5.74, 6) is 1.54. The van der Waals surface area contributed by atoms with E-state index in [1.54, 1.807) is 6.20 Å². The smallest absolute Gasteiger partial charge is 0.223 e. The predicted molar refractivity (Wildman–Crippen MR) is 83.5 cm³/mol. The molecule has 0 aliphatic carbocycles. The first-order valence-electron chi connectivity index (χ1n) is 7.51. The molecule has 1 aromatic rings. The number of amides is 1. The third-order valence-corrected chi connectivity index (χ3v) is 4.80. The average molecular weight is 309 g/mol. The maximum Gasteiger partial charge on any atom is 0.223 e. The summed E-state index contributed by atoms with van der Waals surface area (Å²) in [4.78, 5) is 18.7. The van der Waals surface area contributed by atoms with E-state index in [4.69, 9.17) is 11.6 Å². The van der Waals surface area contributed by atoms with Crippen LogP contribution in [0.15, 0.2) is 18.3 Å². The topological polar surface area (TPSA) is 57.3 Å². The van der Waals surface area contributed by atoms with Crippen LogP contribution in [-0.2, 0) is 4.79 Å². The van der Waals surface area contributed by atoms with Crippen LogP contribution < -0.4 is 15.5 Å². The van der Waals surface area contributed by atoms with Gasteiger partial charge in [0.2, 0.25) is 5.91 Å². The summed E-state index contributed by atoms with van der Waals surface area (Å²) < 4.78 is 0. The first-order chi connectivity index (χ1) is 10.1. The van der Waals surface area contributed by atoms with E-state index in [0.29, 0.717) is 10.9 Å². The molecular formula is C15H21ClN4O. The molecule has 0 spiro atoms. The predicted octanol–water partition coefficient (Wildman–Crippen LogP) is 1.29. The lowest BCUT2D eigenvalue weighted by Gasteiger charge is -2.32. The number of nitrogens with one attached hydrogen (secondary N) is 2. The zero-order chi connectivity index (χ0) is 14.8. The molecular weight excluding hydrogens is 288 g/mol. The largest absolute Gasteiger partial charge is 0.353 e. The molecule has 0 bridgehead atoms. The third kappa shape index (κ3) is 3.14. The number of rotatable bonds is 4. The molecule has 1 amide bonds. The van der Waals surface area contributed by atoms with Crippen LogP contribution in [0.4, 0.5) is 5.82 Å². The minimum atomic E-state index is 0.0822. The molecule has 2 aliphatic heterocycles. The van der Waals surface area contributed by atoms with Gasteiger partial charge in [0.05, 0.1) is 5.02 Å². The minimum absolute atomic E-state index is 0.0822. The van der Waals surface area contributed by atoms with Gasteiger partial charge in [0.25, 0.3) is 0 Å². The standard InChI is InChI=1S/C15H21ClN4O/c1-10(11-7-17-8-11)15(21)19-12-4-6-20(9-12)14-13(16)3-2-5-18-14/h2-3,5,10-12,17H,4,6-9H2,1H3,(H,19,21). The van der Waals surface area contributed by atoms with E-state index in [1.165, 1.54) is 0 Å². The molecule has 3 heterocycles. The Morgan fingerprint density at radius 3 is 3.05 bits per heavy atom. The highest BCUT2D eigenvalue weighted by atomic mass is 35.5. The molecule has 2 N–H and O–H groups in total. The molecule has 1 aromatic heterocycles. The van der Waals surface area contributed by atoms with Crippen LogP contribution in [0.2, 0.25) is 5.02 Å². The molecule has 2 aliphatic rings. The van der Waals surface area contributed by atoms with Crippen LogP contribution in [0.5, 0.6) is 0 Å². The lowest BCUT2D eigenvalue weighted by Crippen LogP contribution is -2.51. The Kier molecular flexibility index (Phi) is 4.31. The number of halogens is 1. The van der Waals surface area contributed by atoms with Gasteiger partial charge in [-0.3, -0.25) is 4.79 Å². The quantitative estimate of drug-likeness (QED) is 0.880. The van der Waals surface area contributed by atoms with E-state index in [2.05, 4.69) is 20.5 Å². The zero-order valence-corrected chi connectivity index (χ0v) is 12.9. The van der Waals surface area contributed by atoms with Gasteiger partial charge in [-0.05, 0) is 37.6 Å². The summed E-state index contributed by atoms with van der Waals surface area (Å²) in [5.41, 5.74) is 0. The van der Waals surface area contributed by atoms with Gasteiger partial charge in [-0.25, -0.2) is 4.98 Å². The van der Waals surface area contributed by atoms with Gasteiger partial charge in [0, 0.05) is 31.2 Å². The molecule has 0 saturated carbocycles. The molecule has 2 fully saturated rings. The maximum atomic E-state index is 12.2. The Bertz CT molecular complexity index is 520. The molecule has 2 atom stereocenters. The number of hydrogen-bond acceptors (Lipinski definition) is 4. The number of carbonyl (C=O) groups excluding carboxylic acids is 1. The highest BCUT2D eigenvalue weighted by Gasteiger charge is 2.32. The second-order valence-electron chi connectivity index (χ2n) is 5.96. The van der Waals surface area contributed by atoms with E-state index in [0.717, 1.165) is 38.4 Å². The lowest BCUT2D eigenvalue weighted by molar-refractivity contribution is -0.127.